The summed E-state index contributed by atoms with van der Waals surface area (Å²) in [5, 5.41) is 5.63. The SMILES string of the molecule is CC(C)(C)NSc1ccc(NC(=O)[C@H](Cc2ccncc2)NC(=O)c2ccc(F)cc2)cc1. The highest BCUT2D eigenvalue weighted by atomic mass is 32.2. The maximum atomic E-state index is 13.2. The minimum atomic E-state index is -0.832. The number of aromatic nitrogens is 1. The van der Waals surface area contributed by atoms with Crippen LogP contribution in [-0.4, -0.2) is 28.4 Å². The summed E-state index contributed by atoms with van der Waals surface area (Å²) in [6, 6.07) is 15.4. The van der Waals surface area contributed by atoms with Crippen molar-refractivity contribution in [2.45, 2.75) is 43.7 Å². The average Bonchev–Trinajstić information content (AvgIpc) is 2.78. The monoisotopic (exact) mass is 466 g/mol. The zero-order valence-corrected chi connectivity index (χ0v) is 19.6. The van der Waals surface area contributed by atoms with Gasteiger partial charge in [-0.3, -0.25) is 19.3 Å². The molecule has 0 aliphatic rings. The molecule has 0 bridgehead atoms. The number of nitrogens with zero attached hydrogens (tertiary/aromatic N) is 1. The number of nitrogens with one attached hydrogen (secondary N) is 3. The maximum Gasteiger partial charge on any atom is 0.251 e. The van der Waals surface area contributed by atoms with Crippen molar-refractivity contribution >= 4 is 29.4 Å². The Morgan fingerprint density at radius 1 is 0.970 bits per heavy atom. The van der Waals surface area contributed by atoms with E-state index in [0.29, 0.717) is 5.69 Å². The molecule has 0 saturated heterocycles. The molecule has 3 N–H and O–H groups in total. The molecule has 0 fully saturated rings. The van der Waals surface area contributed by atoms with E-state index in [4.69, 9.17) is 0 Å². The number of carbonyl (C=O) groups is 2. The molecule has 2 amide bonds. The molecule has 172 valence electrons. The summed E-state index contributed by atoms with van der Waals surface area (Å²) in [4.78, 5) is 30.7. The van der Waals surface area contributed by atoms with Crippen molar-refractivity contribution in [3.63, 3.8) is 0 Å². The van der Waals surface area contributed by atoms with Gasteiger partial charge in [0.1, 0.15) is 11.9 Å². The molecule has 0 aliphatic heterocycles. The van der Waals surface area contributed by atoms with Gasteiger partial charge in [-0.1, -0.05) is 0 Å². The van der Waals surface area contributed by atoms with E-state index in [1.807, 2.05) is 24.3 Å². The third kappa shape index (κ3) is 8.00. The molecule has 3 aromatic rings. The van der Waals surface area contributed by atoms with Gasteiger partial charge in [-0.05, 0) is 98.9 Å². The number of hydrogen-bond donors (Lipinski definition) is 3. The van der Waals surface area contributed by atoms with Crippen molar-refractivity contribution in [1.82, 2.24) is 15.0 Å². The van der Waals surface area contributed by atoms with Gasteiger partial charge in [-0.25, -0.2) is 4.39 Å². The molecule has 1 atom stereocenters. The Morgan fingerprint density at radius 2 is 1.61 bits per heavy atom. The van der Waals surface area contributed by atoms with Crippen LogP contribution in [0.15, 0.2) is 78.0 Å². The third-order valence-corrected chi connectivity index (χ3v) is 5.74. The lowest BCUT2D eigenvalue weighted by atomic mass is 10.1. The molecule has 0 radical (unpaired) electrons. The molecular weight excluding hydrogens is 439 g/mol. The topological polar surface area (TPSA) is 83.1 Å². The lowest BCUT2D eigenvalue weighted by Crippen LogP contribution is -2.45. The summed E-state index contributed by atoms with van der Waals surface area (Å²) in [5.74, 6) is -1.24. The van der Waals surface area contributed by atoms with Crippen LogP contribution < -0.4 is 15.4 Å². The maximum absolute atomic E-state index is 13.2. The van der Waals surface area contributed by atoms with Crippen LogP contribution >= 0.6 is 11.9 Å². The molecule has 33 heavy (non-hydrogen) atoms. The molecule has 0 aliphatic carbocycles. The fraction of sp³-hybridized carbons (Fsp3) is 0.240. The van der Waals surface area contributed by atoms with Gasteiger partial charge in [0.15, 0.2) is 0 Å². The number of benzene rings is 2. The molecule has 6 nitrogen and oxygen atoms in total. The number of halogens is 1. The number of anilines is 1. The Hall–Kier alpha value is -3.23. The first kappa shape index (κ1) is 24.4. The molecule has 0 saturated carbocycles. The highest BCUT2D eigenvalue weighted by Gasteiger charge is 2.22. The van der Waals surface area contributed by atoms with Crippen molar-refractivity contribution in [1.29, 1.82) is 0 Å². The van der Waals surface area contributed by atoms with E-state index in [1.165, 1.54) is 36.2 Å². The Labute approximate surface area is 197 Å². The Kier molecular flexibility index (Phi) is 8.19. The van der Waals surface area contributed by atoms with E-state index in [0.717, 1.165) is 10.5 Å². The molecule has 2 aromatic carbocycles. The van der Waals surface area contributed by atoms with Crippen LogP contribution in [-0.2, 0) is 11.2 Å². The van der Waals surface area contributed by atoms with E-state index in [9.17, 15) is 14.0 Å². The zero-order valence-electron chi connectivity index (χ0n) is 18.8. The second-order valence-electron chi connectivity index (χ2n) is 8.56. The predicted molar refractivity (Wildman–Crippen MR) is 129 cm³/mol. The summed E-state index contributed by atoms with van der Waals surface area (Å²) >= 11 is 1.52. The summed E-state index contributed by atoms with van der Waals surface area (Å²) < 4.78 is 16.5. The summed E-state index contributed by atoms with van der Waals surface area (Å²) in [6.07, 6.45) is 3.55. The first-order valence-electron chi connectivity index (χ1n) is 10.5. The zero-order chi connectivity index (χ0) is 23.8. The highest BCUT2D eigenvalue weighted by Crippen LogP contribution is 2.21. The molecule has 3 rings (SSSR count). The van der Waals surface area contributed by atoms with Gasteiger partial charge >= 0.3 is 0 Å². The largest absolute Gasteiger partial charge is 0.340 e. The molecule has 8 heteroatoms. The van der Waals surface area contributed by atoms with Gasteiger partial charge in [0.05, 0.1) is 0 Å². The first-order chi connectivity index (χ1) is 15.7. The van der Waals surface area contributed by atoms with Crippen LogP contribution in [0.3, 0.4) is 0 Å². The second kappa shape index (κ2) is 11.1. The molecule has 0 spiro atoms. The molecular formula is C25H27FN4O2S. The van der Waals surface area contributed by atoms with Gasteiger partial charge in [0, 0.05) is 40.5 Å². The van der Waals surface area contributed by atoms with Crippen LogP contribution in [0.5, 0.6) is 0 Å². The summed E-state index contributed by atoms with van der Waals surface area (Å²) in [7, 11) is 0. The van der Waals surface area contributed by atoms with E-state index >= 15 is 0 Å². The molecule has 0 unspecified atom stereocenters. The van der Waals surface area contributed by atoms with Crippen molar-refractivity contribution in [3.8, 4) is 0 Å². The quantitative estimate of drug-likeness (QED) is 0.423. The van der Waals surface area contributed by atoms with Crippen molar-refractivity contribution in [2.75, 3.05) is 5.32 Å². The van der Waals surface area contributed by atoms with Gasteiger partial charge in [0.25, 0.3) is 5.91 Å². The fourth-order valence-electron chi connectivity index (χ4n) is 2.85. The van der Waals surface area contributed by atoms with Gasteiger partial charge < -0.3 is 10.6 Å². The normalized spacial score (nSPS) is 12.1. The number of carbonyl (C=O) groups excluding carboxylic acids is 2. The van der Waals surface area contributed by atoms with Crippen LogP contribution in [0.2, 0.25) is 0 Å². The standard InChI is InChI=1S/C25H27FN4O2S/c1-25(2,3)30-33-21-10-8-20(9-11-21)28-24(32)22(16-17-12-14-27-15-13-17)29-23(31)18-4-6-19(26)7-5-18/h4-15,22,30H,16H2,1-3H3,(H,28,32)(H,29,31)/t22-/m0/s1. The number of hydrogen-bond acceptors (Lipinski definition) is 5. The van der Waals surface area contributed by atoms with Crippen LogP contribution in [0, 0.1) is 5.82 Å². The summed E-state index contributed by atoms with van der Waals surface area (Å²) in [6.45, 7) is 6.24. The van der Waals surface area contributed by atoms with Crippen LogP contribution in [0.1, 0.15) is 36.7 Å². The minimum absolute atomic E-state index is 0.0273. The van der Waals surface area contributed by atoms with Gasteiger partial charge in [-0.15, -0.1) is 0 Å². The lowest BCUT2D eigenvalue weighted by molar-refractivity contribution is -0.118. The van der Waals surface area contributed by atoms with Crippen molar-refractivity contribution in [2.24, 2.45) is 0 Å². The highest BCUT2D eigenvalue weighted by molar-refractivity contribution is 7.97. The Balaban J connectivity index is 1.70. The second-order valence-corrected chi connectivity index (χ2v) is 9.44. The molecule has 1 heterocycles. The fourth-order valence-corrected chi connectivity index (χ4v) is 3.55. The van der Waals surface area contributed by atoms with Crippen LogP contribution in [0.4, 0.5) is 10.1 Å². The Morgan fingerprint density at radius 3 is 2.21 bits per heavy atom. The number of amides is 2. The van der Waals surface area contributed by atoms with Crippen molar-refractivity contribution in [3.05, 3.63) is 90.0 Å². The summed E-state index contributed by atoms with van der Waals surface area (Å²) in [5.41, 5.74) is 1.72. The van der Waals surface area contributed by atoms with Gasteiger partial charge in [0.2, 0.25) is 5.91 Å². The van der Waals surface area contributed by atoms with E-state index in [-0.39, 0.29) is 23.4 Å². The average molecular weight is 467 g/mol. The van der Waals surface area contributed by atoms with Crippen LogP contribution in [0.25, 0.3) is 0 Å². The lowest BCUT2D eigenvalue weighted by Gasteiger charge is -2.20. The molecule has 1 aromatic heterocycles. The van der Waals surface area contributed by atoms with E-state index < -0.39 is 17.8 Å². The smallest absolute Gasteiger partial charge is 0.251 e. The number of rotatable bonds is 8. The van der Waals surface area contributed by atoms with E-state index in [1.54, 1.807) is 24.5 Å². The van der Waals surface area contributed by atoms with Gasteiger partial charge in [-0.2, -0.15) is 0 Å². The number of pyridine rings is 1. The van der Waals surface area contributed by atoms with E-state index in [2.05, 4.69) is 41.1 Å². The predicted octanol–water partition coefficient (Wildman–Crippen LogP) is 4.60. The minimum Gasteiger partial charge on any atom is -0.340 e. The van der Waals surface area contributed by atoms with Crippen molar-refractivity contribution < 1.29 is 14.0 Å². The Bertz CT molecular complexity index is 1070. The third-order valence-electron chi connectivity index (χ3n) is 4.51. The first-order valence-corrected chi connectivity index (χ1v) is 11.3.